The highest BCUT2D eigenvalue weighted by atomic mass is 16.5. The third-order valence-electron chi connectivity index (χ3n) is 4.82. The van der Waals surface area contributed by atoms with E-state index in [1.807, 2.05) is 31.4 Å². The molecule has 0 saturated carbocycles. The molecule has 0 unspecified atom stereocenters. The van der Waals surface area contributed by atoms with Crippen LogP contribution in [0.25, 0.3) is 0 Å². The summed E-state index contributed by atoms with van der Waals surface area (Å²) in [7, 11) is 1.84. The van der Waals surface area contributed by atoms with Crippen LogP contribution in [-0.2, 0) is 18.3 Å². The van der Waals surface area contributed by atoms with Gasteiger partial charge in [-0.1, -0.05) is 6.07 Å². The average molecular weight is 407 g/mol. The fraction of sp³-hybridized carbons (Fsp3) is 0.350. The van der Waals surface area contributed by atoms with Crippen molar-refractivity contribution in [3.05, 3.63) is 48.0 Å². The van der Waals surface area contributed by atoms with E-state index in [-0.39, 0.29) is 0 Å². The van der Waals surface area contributed by atoms with Crippen LogP contribution in [0, 0.1) is 5.41 Å². The van der Waals surface area contributed by atoms with Crippen LogP contribution in [0.4, 0.5) is 23.3 Å². The van der Waals surface area contributed by atoms with Crippen molar-refractivity contribution in [1.29, 1.82) is 5.41 Å². The van der Waals surface area contributed by atoms with Crippen LogP contribution in [-0.4, -0.2) is 56.7 Å². The van der Waals surface area contributed by atoms with E-state index >= 15 is 0 Å². The molecule has 30 heavy (non-hydrogen) atoms. The van der Waals surface area contributed by atoms with E-state index in [4.69, 9.17) is 15.1 Å². The second kappa shape index (κ2) is 8.87. The standard InChI is InChI=1S/C20H25N9O/c1-14-13-30-7-6-29(14)18-5-3-4-16(25-18)10-22-19-15(8-21)9-23-20(27-19)26-17-11-24-28(2)12-17/h3-5,8-9,11-12,14,21H,6-7,10,13H2,1-2H3,(H2,22,23,26,27)/t14-/m1/s1. The second-order valence-corrected chi connectivity index (χ2v) is 7.13. The fourth-order valence-corrected chi connectivity index (χ4v) is 3.28. The van der Waals surface area contributed by atoms with E-state index in [1.165, 1.54) is 6.21 Å². The van der Waals surface area contributed by atoms with Crippen molar-refractivity contribution in [3.8, 4) is 0 Å². The van der Waals surface area contributed by atoms with Crippen molar-refractivity contribution < 1.29 is 4.74 Å². The number of morpholine rings is 1. The number of anilines is 4. The molecule has 0 amide bonds. The van der Waals surface area contributed by atoms with Crippen LogP contribution < -0.4 is 15.5 Å². The third kappa shape index (κ3) is 4.54. The number of rotatable bonds is 7. The Balaban J connectivity index is 1.48. The summed E-state index contributed by atoms with van der Waals surface area (Å²) in [4.78, 5) is 15.8. The Hall–Kier alpha value is -3.53. The van der Waals surface area contributed by atoms with Gasteiger partial charge in [-0.3, -0.25) is 4.68 Å². The minimum absolute atomic E-state index is 0.293. The third-order valence-corrected chi connectivity index (χ3v) is 4.82. The van der Waals surface area contributed by atoms with E-state index in [0.717, 1.165) is 23.7 Å². The number of hydrogen-bond acceptors (Lipinski definition) is 9. The van der Waals surface area contributed by atoms with Gasteiger partial charge < -0.3 is 25.7 Å². The summed E-state index contributed by atoms with van der Waals surface area (Å²) in [6.07, 6.45) is 6.38. The number of pyridine rings is 1. The fourth-order valence-electron chi connectivity index (χ4n) is 3.28. The monoisotopic (exact) mass is 407 g/mol. The van der Waals surface area contributed by atoms with Gasteiger partial charge in [0.25, 0.3) is 0 Å². The van der Waals surface area contributed by atoms with E-state index in [0.29, 0.717) is 43.1 Å². The second-order valence-electron chi connectivity index (χ2n) is 7.13. The summed E-state index contributed by atoms with van der Waals surface area (Å²) in [5.41, 5.74) is 2.28. The van der Waals surface area contributed by atoms with Gasteiger partial charge in [0.2, 0.25) is 5.95 Å². The summed E-state index contributed by atoms with van der Waals surface area (Å²) in [5, 5.41) is 18.2. The van der Waals surface area contributed by atoms with Gasteiger partial charge in [-0.25, -0.2) is 9.97 Å². The van der Waals surface area contributed by atoms with Gasteiger partial charge in [-0.2, -0.15) is 10.1 Å². The number of aryl methyl sites for hydroxylation is 1. The van der Waals surface area contributed by atoms with E-state index in [2.05, 4.69) is 37.5 Å². The Labute approximate surface area is 174 Å². The highest BCUT2D eigenvalue weighted by Crippen LogP contribution is 2.19. The van der Waals surface area contributed by atoms with Crippen molar-refractivity contribution in [2.75, 3.05) is 35.3 Å². The molecular weight excluding hydrogens is 382 g/mol. The number of hydrogen-bond donors (Lipinski definition) is 3. The molecule has 4 heterocycles. The van der Waals surface area contributed by atoms with Crippen LogP contribution in [0.2, 0.25) is 0 Å². The van der Waals surface area contributed by atoms with Crippen molar-refractivity contribution in [1.82, 2.24) is 24.7 Å². The minimum atomic E-state index is 0.293. The molecule has 4 rings (SSSR count). The lowest BCUT2D eigenvalue weighted by molar-refractivity contribution is 0.0985. The molecule has 1 fully saturated rings. The van der Waals surface area contributed by atoms with Crippen molar-refractivity contribution >= 4 is 29.5 Å². The minimum Gasteiger partial charge on any atom is -0.377 e. The van der Waals surface area contributed by atoms with Crippen LogP contribution in [0.3, 0.4) is 0 Å². The first-order chi connectivity index (χ1) is 14.6. The molecule has 156 valence electrons. The van der Waals surface area contributed by atoms with Crippen LogP contribution in [0.1, 0.15) is 18.2 Å². The van der Waals surface area contributed by atoms with Gasteiger partial charge in [0.1, 0.15) is 11.6 Å². The van der Waals surface area contributed by atoms with Crippen molar-refractivity contribution in [3.63, 3.8) is 0 Å². The number of ether oxygens (including phenoxy) is 1. The summed E-state index contributed by atoms with van der Waals surface area (Å²) < 4.78 is 7.22. The first kappa shape index (κ1) is 19.8. The van der Waals surface area contributed by atoms with Gasteiger partial charge in [0.15, 0.2) is 0 Å². The molecule has 1 saturated heterocycles. The Morgan fingerprint density at radius 2 is 2.20 bits per heavy atom. The quantitative estimate of drug-likeness (QED) is 0.510. The SMILES string of the molecule is C[C@@H]1COCCN1c1cccc(CNc2nc(Nc3cnn(C)c3)ncc2C=N)n1. The molecule has 1 aliphatic heterocycles. The molecule has 0 aromatic carbocycles. The van der Waals surface area contributed by atoms with Gasteiger partial charge in [0, 0.05) is 32.2 Å². The Morgan fingerprint density at radius 1 is 1.30 bits per heavy atom. The largest absolute Gasteiger partial charge is 0.377 e. The van der Waals surface area contributed by atoms with Crippen LogP contribution in [0.5, 0.6) is 0 Å². The summed E-state index contributed by atoms with van der Waals surface area (Å²) in [5.74, 6) is 1.94. The lowest BCUT2D eigenvalue weighted by atomic mass is 10.2. The molecule has 10 nitrogen and oxygen atoms in total. The Bertz CT molecular complexity index is 1020. The molecule has 10 heteroatoms. The van der Waals surface area contributed by atoms with E-state index in [1.54, 1.807) is 17.1 Å². The van der Waals surface area contributed by atoms with Crippen molar-refractivity contribution in [2.45, 2.75) is 19.5 Å². The highest BCUT2D eigenvalue weighted by molar-refractivity contribution is 5.84. The molecule has 1 aliphatic rings. The molecule has 0 radical (unpaired) electrons. The molecular formula is C20H25N9O. The summed E-state index contributed by atoms with van der Waals surface area (Å²) in [6.45, 7) is 4.88. The zero-order chi connectivity index (χ0) is 20.9. The lowest BCUT2D eigenvalue weighted by Crippen LogP contribution is -2.44. The zero-order valence-electron chi connectivity index (χ0n) is 17.0. The number of nitrogens with one attached hydrogen (secondary N) is 3. The average Bonchev–Trinajstić information content (AvgIpc) is 3.17. The maximum atomic E-state index is 7.64. The van der Waals surface area contributed by atoms with E-state index < -0.39 is 0 Å². The molecule has 3 aromatic rings. The molecule has 0 aliphatic carbocycles. The summed E-state index contributed by atoms with van der Waals surface area (Å²) in [6, 6.07) is 6.30. The number of aromatic nitrogens is 5. The lowest BCUT2D eigenvalue weighted by Gasteiger charge is -2.34. The maximum absolute atomic E-state index is 7.64. The van der Waals surface area contributed by atoms with Gasteiger partial charge >= 0.3 is 0 Å². The first-order valence-electron chi connectivity index (χ1n) is 9.80. The van der Waals surface area contributed by atoms with Crippen LogP contribution >= 0.6 is 0 Å². The van der Waals surface area contributed by atoms with E-state index in [9.17, 15) is 0 Å². The van der Waals surface area contributed by atoms with Gasteiger partial charge in [-0.05, 0) is 19.1 Å². The highest BCUT2D eigenvalue weighted by Gasteiger charge is 2.20. The topological polar surface area (TPSA) is 117 Å². The predicted octanol–water partition coefficient (Wildman–Crippen LogP) is 2.18. The molecule has 3 aromatic heterocycles. The number of nitrogens with zero attached hydrogens (tertiary/aromatic N) is 6. The van der Waals surface area contributed by atoms with Crippen LogP contribution in [0.15, 0.2) is 36.8 Å². The molecule has 0 spiro atoms. The Kier molecular flexibility index (Phi) is 5.84. The normalized spacial score (nSPS) is 16.3. The smallest absolute Gasteiger partial charge is 0.229 e. The molecule has 3 N–H and O–H groups in total. The predicted molar refractivity (Wildman–Crippen MR) is 116 cm³/mol. The molecule has 1 atom stereocenters. The zero-order valence-corrected chi connectivity index (χ0v) is 17.0. The van der Waals surface area contributed by atoms with Crippen molar-refractivity contribution in [2.24, 2.45) is 7.05 Å². The summed E-state index contributed by atoms with van der Waals surface area (Å²) >= 11 is 0. The first-order valence-corrected chi connectivity index (χ1v) is 9.80. The molecule has 0 bridgehead atoms. The maximum Gasteiger partial charge on any atom is 0.229 e. The Morgan fingerprint density at radius 3 is 2.97 bits per heavy atom. The van der Waals surface area contributed by atoms with Gasteiger partial charge in [0.05, 0.1) is 48.9 Å². The van der Waals surface area contributed by atoms with Gasteiger partial charge in [-0.15, -0.1) is 0 Å².